The Kier molecular flexibility index (Phi) is 4.74. The monoisotopic (exact) mass is 327 g/mol. The summed E-state index contributed by atoms with van der Waals surface area (Å²) in [7, 11) is 4.01. The smallest absolute Gasteiger partial charge is 0.322 e. The Labute approximate surface area is 142 Å². The van der Waals surface area contributed by atoms with Gasteiger partial charge in [0.05, 0.1) is 12.2 Å². The van der Waals surface area contributed by atoms with Gasteiger partial charge >= 0.3 is 6.03 Å². The molecule has 1 aliphatic heterocycles. The van der Waals surface area contributed by atoms with Crippen molar-refractivity contribution in [2.75, 3.05) is 30.9 Å². The first kappa shape index (κ1) is 16.4. The first-order valence-electron chi connectivity index (χ1n) is 8.41. The summed E-state index contributed by atoms with van der Waals surface area (Å²) in [5.41, 5.74) is 4.12. The molecule has 24 heavy (non-hydrogen) atoms. The van der Waals surface area contributed by atoms with Crippen LogP contribution in [0.25, 0.3) is 0 Å². The average Bonchev–Trinajstić information content (AvgIpc) is 3.11. The Bertz CT molecular complexity index is 695. The second-order valence-electron chi connectivity index (χ2n) is 6.51. The second-order valence-corrected chi connectivity index (χ2v) is 6.51. The van der Waals surface area contributed by atoms with Gasteiger partial charge in [-0.2, -0.15) is 5.10 Å². The summed E-state index contributed by atoms with van der Waals surface area (Å²) in [6, 6.07) is 6.04. The third-order valence-corrected chi connectivity index (χ3v) is 4.70. The predicted octanol–water partition coefficient (Wildman–Crippen LogP) is 3.54. The average molecular weight is 327 g/mol. The molecule has 2 heterocycles. The molecule has 6 nitrogen and oxygen atoms in total. The van der Waals surface area contributed by atoms with Crippen LogP contribution in [0.1, 0.15) is 36.4 Å². The Morgan fingerprint density at radius 3 is 2.92 bits per heavy atom. The minimum Gasteiger partial charge on any atom is -0.377 e. The fraction of sp³-hybridized carbons (Fsp3) is 0.444. The van der Waals surface area contributed by atoms with Crippen LogP contribution in [-0.2, 0) is 0 Å². The van der Waals surface area contributed by atoms with Crippen molar-refractivity contribution in [1.82, 2.24) is 15.1 Å². The Balaban J connectivity index is 1.80. The third kappa shape index (κ3) is 3.22. The summed E-state index contributed by atoms with van der Waals surface area (Å²) in [5, 5.41) is 9.98. The number of carbonyl (C=O) groups excluding carboxylic acids is 1. The number of aromatic nitrogens is 2. The van der Waals surface area contributed by atoms with Crippen LogP contribution in [0, 0.1) is 6.92 Å². The van der Waals surface area contributed by atoms with Gasteiger partial charge in [-0.3, -0.25) is 5.10 Å². The van der Waals surface area contributed by atoms with Crippen molar-refractivity contribution in [2.45, 2.75) is 32.2 Å². The topological polar surface area (TPSA) is 64.3 Å². The van der Waals surface area contributed by atoms with Gasteiger partial charge in [0.1, 0.15) is 0 Å². The lowest BCUT2D eigenvalue weighted by molar-refractivity contribution is 0.163. The lowest BCUT2D eigenvalue weighted by atomic mass is 9.98. The molecule has 1 aromatic carbocycles. The number of hydrogen-bond donors (Lipinski definition) is 2. The lowest BCUT2D eigenvalue weighted by Gasteiger charge is -2.35. The molecule has 0 aliphatic carbocycles. The third-order valence-electron chi connectivity index (χ3n) is 4.70. The lowest BCUT2D eigenvalue weighted by Crippen LogP contribution is -2.41. The summed E-state index contributed by atoms with van der Waals surface area (Å²) in [4.78, 5) is 16.9. The minimum absolute atomic E-state index is 0.0418. The number of likely N-dealkylation sites (tertiary alicyclic amines) is 1. The van der Waals surface area contributed by atoms with E-state index in [1.807, 2.05) is 50.4 Å². The van der Waals surface area contributed by atoms with Gasteiger partial charge in [0.15, 0.2) is 0 Å². The number of hydrogen-bond acceptors (Lipinski definition) is 3. The van der Waals surface area contributed by atoms with Gasteiger partial charge in [-0.15, -0.1) is 0 Å². The SMILES string of the molecule is Cc1c(NC(=O)N2CCCC[C@H]2c2cn[nH]c2)cccc1N(C)C. The van der Waals surface area contributed by atoms with Crippen LogP contribution in [-0.4, -0.2) is 41.8 Å². The Morgan fingerprint density at radius 1 is 1.38 bits per heavy atom. The molecule has 6 heteroatoms. The summed E-state index contributed by atoms with van der Waals surface area (Å²) in [6.45, 7) is 2.81. The number of rotatable bonds is 3. The van der Waals surface area contributed by atoms with E-state index in [2.05, 4.69) is 26.5 Å². The molecule has 1 aliphatic rings. The fourth-order valence-electron chi connectivity index (χ4n) is 3.39. The van der Waals surface area contributed by atoms with Crippen molar-refractivity contribution in [3.63, 3.8) is 0 Å². The quantitative estimate of drug-likeness (QED) is 0.906. The maximum atomic E-state index is 12.9. The predicted molar refractivity (Wildman–Crippen MR) is 96.4 cm³/mol. The zero-order valence-corrected chi connectivity index (χ0v) is 14.5. The maximum absolute atomic E-state index is 12.9. The molecule has 1 fully saturated rings. The van der Waals surface area contributed by atoms with E-state index in [-0.39, 0.29) is 12.1 Å². The van der Waals surface area contributed by atoms with Crippen LogP contribution in [0.15, 0.2) is 30.6 Å². The van der Waals surface area contributed by atoms with Crippen molar-refractivity contribution in [3.8, 4) is 0 Å². The van der Waals surface area contributed by atoms with E-state index in [1.54, 1.807) is 0 Å². The van der Waals surface area contributed by atoms with E-state index < -0.39 is 0 Å². The number of nitrogens with one attached hydrogen (secondary N) is 2. The van der Waals surface area contributed by atoms with Gasteiger partial charge in [0.25, 0.3) is 0 Å². The van der Waals surface area contributed by atoms with Crippen molar-refractivity contribution in [3.05, 3.63) is 41.7 Å². The van der Waals surface area contributed by atoms with Crippen LogP contribution in [0.4, 0.5) is 16.2 Å². The highest BCUT2D eigenvalue weighted by molar-refractivity contribution is 5.91. The number of anilines is 2. The molecule has 0 radical (unpaired) electrons. The zero-order chi connectivity index (χ0) is 17.1. The highest BCUT2D eigenvalue weighted by atomic mass is 16.2. The van der Waals surface area contributed by atoms with Gasteiger partial charge in [-0.25, -0.2) is 4.79 Å². The number of aromatic amines is 1. The molecule has 2 aromatic rings. The van der Waals surface area contributed by atoms with Crippen LogP contribution in [0.2, 0.25) is 0 Å². The molecule has 3 rings (SSSR count). The molecule has 2 amide bonds. The number of piperidine rings is 1. The van der Waals surface area contributed by atoms with Gasteiger partial charge in [0.2, 0.25) is 0 Å². The summed E-state index contributed by atoms with van der Waals surface area (Å²) >= 11 is 0. The van der Waals surface area contributed by atoms with Crippen LogP contribution in [0.5, 0.6) is 0 Å². The zero-order valence-electron chi connectivity index (χ0n) is 14.5. The molecule has 2 N–H and O–H groups in total. The summed E-state index contributed by atoms with van der Waals surface area (Å²) < 4.78 is 0. The number of urea groups is 1. The molecule has 1 atom stereocenters. The Hall–Kier alpha value is -2.50. The van der Waals surface area contributed by atoms with Crippen molar-refractivity contribution in [2.24, 2.45) is 0 Å². The Morgan fingerprint density at radius 2 is 2.21 bits per heavy atom. The first-order chi connectivity index (χ1) is 11.6. The van der Waals surface area contributed by atoms with Gasteiger partial charge < -0.3 is 15.1 Å². The standard InChI is InChI=1S/C18H25N5O/c1-13-15(7-6-9-16(13)22(2)3)21-18(24)23-10-5-4-8-17(23)14-11-19-20-12-14/h6-7,9,11-12,17H,4-5,8,10H2,1-3H3,(H,19,20)(H,21,24)/t17-/m0/s1. The van der Waals surface area contributed by atoms with E-state index in [9.17, 15) is 4.79 Å². The largest absolute Gasteiger partial charge is 0.377 e. The minimum atomic E-state index is -0.0418. The molecule has 1 aromatic heterocycles. The molecule has 0 unspecified atom stereocenters. The van der Waals surface area contributed by atoms with Crippen LogP contribution >= 0.6 is 0 Å². The highest BCUT2D eigenvalue weighted by Crippen LogP contribution is 2.32. The highest BCUT2D eigenvalue weighted by Gasteiger charge is 2.28. The van der Waals surface area contributed by atoms with E-state index in [1.165, 1.54) is 0 Å². The van der Waals surface area contributed by atoms with E-state index >= 15 is 0 Å². The molecule has 128 valence electrons. The molecule has 0 spiro atoms. The number of amides is 2. The number of carbonyl (C=O) groups is 1. The maximum Gasteiger partial charge on any atom is 0.322 e. The van der Waals surface area contributed by atoms with Crippen LogP contribution in [0.3, 0.4) is 0 Å². The number of nitrogens with zero attached hydrogens (tertiary/aromatic N) is 3. The number of benzene rings is 1. The molecule has 0 bridgehead atoms. The van der Waals surface area contributed by atoms with E-state index in [4.69, 9.17) is 0 Å². The van der Waals surface area contributed by atoms with Gasteiger partial charge in [-0.1, -0.05) is 6.07 Å². The summed E-state index contributed by atoms with van der Waals surface area (Å²) in [6.07, 6.45) is 6.85. The van der Waals surface area contributed by atoms with Crippen LogP contribution < -0.4 is 10.2 Å². The molecular formula is C18H25N5O. The number of H-pyrrole nitrogens is 1. The second kappa shape index (κ2) is 6.95. The molecule has 1 saturated heterocycles. The van der Waals surface area contributed by atoms with Crippen molar-refractivity contribution < 1.29 is 4.79 Å². The normalized spacial score (nSPS) is 17.6. The summed E-state index contributed by atoms with van der Waals surface area (Å²) in [5.74, 6) is 0. The first-order valence-corrected chi connectivity index (χ1v) is 8.41. The van der Waals surface area contributed by atoms with Gasteiger partial charge in [0, 0.05) is 43.8 Å². The van der Waals surface area contributed by atoms with E-state index in [0.29, 0.717) is 0 Å². The molecular weight excluding hydrogens is 302 g/mol. The van der Waals surface area contributed by atoms with Crippen molar-refractivity contribution in [1.29, 1.82) is 0 Å². The molecule has 0 saturated carbocycles. The van der Waals surface area contributed by atoms with E-state index in [0.717, 1.165) is 48.3 Å². The van der Waals surface area contributed by atoms with Crippen molar-refractivity contribution >= 4 is 17.4 Å². The fourth-order valence-corrected chi connectivity index (χ4v) is 3.39. The van der Waals surface area contributed by atoms with Gasteiger partial charge in [-0.05, 0) is 43.9 Å².